The summed E-state index contributed by atoms with van der Waals surface area (Å²) in [4.78, 5) is 12.2. The van der Waals surface area contributed by atoms with Crippen LogP contribution in [-0.2, 0) is 4.79 Å². The van der Waals surface area contributed by atoms with Gasteiger partial charge in [0.2, 0.25) is 0 Å². The molecule has 1 aromatic carbocycles. The zero-order valence-electron chi connectivity index (χ0n) is 9.26. The number of aromatic hydroxyl groups is 1. The van der Waals surface area contributed by atoms with Gasteiger partial charge in [0.25, 0.3) is 5.91 Å². The standard InChI is InChI=1S/C12H13N3O2/c16-11-4-2-1-3-10(11)15-12(17)8-5-6-13-7-9(8)14-15/h1-4,8,13,16H,5-7H2. The lowest BCUT2D eigenvalue weighted by Crippen LogP contribution is -2.38. The quantitative estimate of drug-likeness (QED) is 0.748. The van der Waals surface area contributed by atoms with Gasteiger partial charge in [0, 0.05) is 6.54 Å². The van der Waals surface area contributed by atoms with Gasteiger partial charge in [-0.2, -0.15) is 10.1 Å². The van der Waals surface area contributed by atoms with E-state index in [-0.39, 0.29) is 17.6 Å². The number of carbonyl (C=O) groups excluding carboxylic acids is 1. The number of nitrogens with one attached hydrogen (secondary N) is 1. The number of hydrazone groups is 1. The fourth-order valence-electron chi connectivity index (χ4n) is 2.26. The Balaban J connectivity index is 1.98. The lowest BCUT2D eigenvalue weighted by atomic mass is 9.96. The van der Waals surface area contributed by atoms with Crippen molar-refractivity contribution in [2.45, 2.75) is 6.42 Å². The van der Waals surface area contributed by atoms with E-state index >= 15 is 0 Å². The Morgan fingerprint density at radius 2 is 2.24 bits per heavy atom. The van der Waals surface area contributed by atoms with Crippen LogP contribution >= 0.6 is 0 Å². The Morgan fingerprint density at radius 1 is 1.41 bits per heavy atom. The van der Waals surface area contributed by atoms with Crippen LogP contribution in [0.4, 0.5) is 5.69 Å². The summed E-state index contributed by atoms with van der Waals surface area (Å²) in [6, 6.07) is 6.76. The molecule has 2 N–H and O–H groups in total. The second-order valence-corrected chi connectivity index (χ2v) is 4.25. The third kappa shape index (κ3) is 1.59. The van der Waals surface area contributed by atoms with Crippen molar-refractivity contribution in [1.29, 1.82) is 0 Å². The van der Waals surface area contributed by atoms with E-state index in [1.807, 2.05) is 0 Å². The normalized spacial score (nSPS) is 23.5. The smallest absolute Gasteiger partial charge is 0.256 e. The molecule has 0 spiro atoms. The SMILES string of the molecule is O=C1C2CCNCC2=NN1c1ccccc1O. The average molecular weight is 231 g/mol. The van der Waals surface area contributed by atoms with Crippen molar-refractivity contribution in [3.05, 3.63) is 24.3 Å². The topological polar surface area (TPSA) is 64.9 Å². The van der Waals surface area contributed by atoms with Crippen LogP contribution in [0.2, 0.25) is 0 Å². The Morgan fingerprint density at radius 3 is 3.00 bits per heavy atom. The summed E-state index contributed by atoms with van der Waals surface area (Å²) >= 11 is 0. The molecule has 88 valence electrons. The maximum Gasteiger partial charge on any atom is 0.256 e. The molecule has 0 aromatic heterocycles. The molecule has 0 saturated carbocycles. The highest BCUT2D eigenvalue weighted by Gasteiger charge is 2.38. The van der Waals surface area contributed by atoms with E-state index in [2.05, 4.69) is 10.4 Å². The molecule has 5 nitrogen and oxygen atoms in total. The number of anilines is 1. The highest BCUT2D eigenvalue weighted by atomic mass is 16.3. The Labute approximate surface area is 98.7 Å². The van der Waals surface area contributed by atoms with Crippen molar-refractivity contribution >= 4 is 17.3 Å². The first-order chi connectivity index (χ1) is 8.27. The summed E-state index contributed by atoms with van der Waals surface area (Å²) in [5.41, 5.74) is 1.32. The minimum absolute atomic E-state index is 0.0389. The van der Waals surface area contributed by atoms with Gasteiger partial charge in [0.15, 0.2) is 0 Å². The molecule has 1 atom stereocenters. The van der Waals surface area contributed by atoms with Gasteiger partial charge in [-0.15, -0.1) is 0 Å². The molecule has 17 heavy (non-hydrogen) atoms. The molecular weight excluding hydrogens is 218 g/mol. The molecule has 2 aliphatic heterocycles. The van der Waals surface area contributed by atoms with Gasteiger partial charge in [-0.1, -0.05) is 12.1 Å². The van der Waals surface area contributed by atoms with Crippen molar-refractivity contribution in [3.8, 4) is 5.75 Å². The summed E-state index contributed by atoms with van der Waals surface area (Å²) in [6.45, 7) is 1.49. The molecule has 2 aliphatic rings. The number of rotatable bonds is 1. The largest absolute Gasteiger partial charge is 0.506 e. The van der Waals surface area contributed by atoms with Gasteiger partial charge in [-0.05, 0) is 25.1 Å². The van der Waals surface area contributed by atoms with Gasteiger partial charge >= 0.3 is 0 Å². The highest BCUT2D eigenvalue weighted by molar-refractivity contribution is 6.16. The summed E-state index contributed by atoms with van der Waals surface area (Å²) in [5.74, 6) is -0.0735. The van der Waals surface area contributed by atoms with Crippen LogP contribution in [0.15, 0.2) is 29.4 Å². The fourth-order valence-corrected chi connectivity index (χ4v) is 2.26. The van der Waals surface area contributed by atoms with Crippen molar-refractivity contribution < 1.29 is 9.90 Å². The van der Waals surface area contributed by atoms with E-state index in [0.29, 0.717) is 12.2 Å². The van der Waals surface area contributed by atoms with Crippen LogP contribution in [0.1, 0.15) is 6.42 Å². The molecule has 0 radical (unpaired) electrons. The van der Waals surface area contributed by atoms with Crippen molar-refractivity contribution in [1.82, 2.24) is 5.32 Å². The molecule has 1 aromatic rings. The summed E-state index contributed by atoms with van der Waals surface area (Å²) in [7, 11) is 0. The Hall–Kier alpha value is -1.88. The van der Waals surface area contributed by atoms with Gasteiger partial charge in [-0.3, -0.25) is 4.79 Å². The molecular formula is C12H13N3O2. The van der Waals surface area contributed by atoms with Crippen LogP contribution in [-0.4, -0.2) is 29.8 Å². The number of fused-ring (bicyclic) bond motifs is 1. The van der Waals surface area contributed by atoms with Gasteiger partial charge in [-0.25, -0.2) is 0 Å². The third-order valence-corrected chi connectivity index (χ3v) is 3.16. The molecule has 3 rings (SSSR count). The van der Waals surface area contributed by atoms with Crippen LogP contribution < -0.4 is 10.3 Å². The molecule has 1 saturated heterocycles. The number of hydrogen-bond acceptors (Lipinski definition) is 4. The Bertz CT molecular complexity index is 498. The fraction of sp³-hybridized carbons (Fsp3) is 0.333. The predicted molar refractivity (Wildman–Crippen MR) is 64.0 cm³/mol. The molecule has 5 heteroatoms. The van der Waals surface area contributed by atoms with Crippen LogP contribution in [0.3, 0.4) is 0 Å². The summed E-state index contributed by atoms with van der Waals surface area (Å²) < 4.78 is 0. The first-order valence-electron chi connectivity index (χ1n) is 5.67. The number of nitrogens with zero attached hydrogens (tertiary/aromatic N) is 2. The monoisotopic (exact) mass is 231 g/mol. The number of piperidine rings is 1. The van der Waals surface area contributed by atoms with Crippen molar-refractivity contribution in [2.24, 2.45) is 11.0 Å². The Kier molecular flexibility index (Phi) is 2.33. The molecule has 1 amide bonds. The first-order valence-corrected chi connectivity index (χ1v) is 5.67. The summed E-state index contributed by atoms with van der Waals surface area (Å²) in [5, 5.41) is 18.6. The number of carbonyl (C=O) groups is 1. The molecule has 1 fully saturated rings. The van der Waals surface area contributed by atoms with Crippen LogP contribution in [0, 0.1) is 5.92 Å². The van der Waals surface area contributed by atoms with E-state index in [4.69, 9.17) is 0 Å². The number of amides is 1. The maximum absolute atomic E-state index is 12.2. The average Bonchev–Trinajstić information content (AvgIpc) is 2.68. The van der Waals surface area contributed by atoms with E-state index in [0.717, 1.165) is 18.7 Å². The van der Waals surface area contributed by atoms with E-state index in [1.165, 1.54) is 5.01 Å². The molecule has 0 aliphatic carbocycles. The zero-order chi connectivity index (χ0) is 11.8. The minimum atomic E-state index is -0.115. The molecule has 1 unspecified atom stereocenters. The minimum Gasteiger partial charge on any atom is -0.506 e. The highest BCUT2D eigenvalue weighted by Crippen LogP contribution is 2.32. The number of hydrogen-bond donors (Lipinski definition) is 2. The number of benzene rings is 1. The number of para-hydroxylation sites is 2. The summed E-state index contributed by atoms with van der Waals surface area (Å²) in [6.07, 6.45) is 0.780. The first kappa shape index (κ1) is 10.3. The lowest BCUT2D eigenvalue weighted by molar-refractivity contribution is -0.120. The second kappa shape index (κ2) is 3.85. The predicted octanol–water partition coefficient (Wildman–Crippen LogP) is 0.704. The van der Waals surface area contributed by atoms with E-state index in [9.17, 15) is 9.90 Å². The van der Waals surface area contributed by atoms with Gasteiger partial charge in [0.05, 0.1) is 11.6 Å². The lowest BCUT2D eigenvalue weighted by Gasteiger charge is -2.18. The van der Waals surface area contributed by atoms with Gasteiger partial charge < -0.3 is 10.4 Å². The maximum atomic E-state index is 12.2. The van der Waals surface area contributed by atoms with Gasteiger partial charge in [0.1, 0.15) is 11.4 Å². The zero-order valence-corrected chi connectivity index (χ0v) is 9.26. The van der Waals surface area contributed by atoms with Crippen LogP contribution in [0.5, 0.6) is 5.75 Å². The molecule has 0 bridgehead atoms. The second-order valence-electron chi connectivity index (χ2n) is 4.25. The number of phenols is 1. The van der Waals surface area contributed by atoms with Crippen molar-refractivity contribution in [3.63, 3.8) is 0 Å². The van der Waals surface area contributed by atoms with Crippen LogP contribution in [0.25, 0.3) is 0 Å². The third-order valence-electron chi connectivity index (χ3n) is 3.16. The van der Waals surface area contributed by atoms with Crippen molar-refractivity contribution in [2.75, 3.05) is 18.1 Å². The van der Waals surface area contributed by atoms with E-state index in [1.54, 1.807) is 24.3 Å². The van der Waals surface area contributed by atoms with E-state index < -0.39 is 0 Å². The molecule has 2 heterocycles. The number of phenolic OH excluding ortho intramolecular Hbond substituents is 1.